The molecule has 1 aromatic rings. The number of H-pyrrole nitrogens is 1. The highest BCUT2D eigenvalue weighted by atomic mass is 16.5. The van der Waals surface area contributed by atoms with E-state index in [1.807, 2.05) is 6.07 Å². The minimum atomic E-state index is 0.448. The van der Waals surface area contributed by atoms with E-state index in [-0.39, 0.29) is 0 Å². The van der Waals surface area contributed by atoms with Crippen LogP contribution in [0.4, 0.5) is 5.82 Å². The maximum absolute atomic E-state index is 5.49. The quantitative estimate of drug-likeness (QED) is 0.617. The molecule has 4 heteroatoms. The number of hydrogen-bond donors (Lipinski definition) is 2. The number of aromatic nitrogens is 2. The second-order valence-corrected chi connectivity index (χ2v) is 2.81. The SMILES string of the molecule is Nc1cc(C2CCOC2)n[nH]1. The van der Waals surface area contributed by atoms with Crippen molar-refractivity contribution in [2.24, 2.45) is 0 Å². The van der Waals surface area contributed by atoms with E-state index in [1.165, 1.54) is 0 Å². The fraction of sp³-hybridized carbons (Fsp3) is 0.571. The Kier molecular flexibility index (Phi) is 1.54. The van der Waals surface area contributed by atoms with Gasteiger partial charge in [-0.15, -0.1) is 0 Å². The predicted molar refractivity (Wildman–Crippen MR) is 41.2 cm³/mol. The zero-order chi connectivity index (χ0) is 7.68. The topological polar surface area (TPSA) is 63.9 Å². The molecule has 0 aromatic carbocycles. The molecule has 1 fully saturated rings. The summed E-state index contributed by atoms with van der Waals surface area (Å²) in [6.07, 6.45) is 1.06. The van der Waals surface area contributed by atoms with Crippen molar-refractivity contribution in [2.75, 3.05) is 18.9 Å². The van der Waals surface area contributed by atoms with Gasteiger partial charge in [-0.1, -0.05) is 0 Å². The number of ether oxygens (including phenoxy) is 1. The summed E-state index contributed by atoms with van der Waals surface area (Å²) in [7, 11) is 0. The predicted octanol–water partition coefficient (Wildman–Crippen LogP) is 0.496. The third-order valence-corrected chi connectivity index (χ3v) is 1.97. The summed E-state index contributed by atoms with van der Waals surface area (Å²) >= 11 is 0. The van der Waals surface area contributed by atoms with Crippen molar-refractivity contribution in [3.63, 3.8) is 0 Å². The van der Waals surface area contributed by atoms with Crippen molar-refractivity contribution in [1.29, 1.82) is 0 Å². The summed E-state index contributed by atoms with van der Waals surface area (Å²) in [5.41, 5.74) is 6.52. The first-order valence-corrected chi connectivity index (χ1v) is 3.75. The van der Waals surface area contributed by atoms with Crippen molar-refractivity contribution in [2.45, 2.75) is 12.3 Å². The molecule has 0 amide bonds. The average molecular weight is 153 g/mol. The smallest absolute Gasteiger partial charge is 0.119 e. The highest BCUT2D eigenvalue weighted by Gasteiger charge is 2.19. The molecule has 11 heavy (non-hydrogen) atoms. The Balaban J connectivity index is 2.15. The van der Waals surface area contributed by atoms with Gasteiger partial charge in [0.15, 0.2) is 0 Å². The van der Waals surface area contributed by atoms with Gasteiger partial charge in [0.1, 0.15) is 5.82 Å². The molecule has 2 rings (SSSR count). The second kappa shape index (κ2) is 2.54. The summed E-state index contributed by atoms with van der Waals surface area (Å²) in [5, 5.41) is 6.79. The van der Waals surface area contributed by atoms with E-state index < -0.39 is 0 Å². The maximum Gasteiger partial charge on any atom is 0.119 e. The monoisotopic (exact) mass is 153 g/mol. The largest absolute Gasteiger partial charge is 0.384 e. The molecule has 0 radical (unpaired) electrons. The molecule has 1 atom stereocenters. The number of hydrogen-bond acceptors (Lipinski definition) is 3. The van der Waals surface area contributed by atoms with Crippen LogP contribution in [0.1, 0.15) is 18.0 Å². The summed E-state index contributed by atoms with van der Waals surface area (Å²) in [6.45, 7) is 1.63. The summed E-state index contributed by atoms with van der Waals surface area (Å²) < 4.78 is 5.23. The Morgan fingerprint density at radius 1 is 1.73 bits per heavy atom. The van der Waals surface area contributed by atoms with Crippen molar-refractivity contribution in [1.82, 2.24) is 10.2 Å². The molecule has 2 heterocycles. The molecule has 1 unspecified atom stereocenters. The highest BCUT2D eigenvalue weighted by Crippen LogP contribution is 2.23. The Labute approximate surface area is 64.7 Å². The van der Waals surface area contributed by atoms with Gasteiger partial charge in [-0.25, -0.2) is 0 Å². The Morgan fingerprint density at radius 3 is 3.18 bits per heavy atom. The Hall–Kier alpha value is -1.03. The van der Waals surface area contributed by atoms with Crippen LogP contribution >= 0.6 is 0 Å². The first-order valence-electron chi connectivity index (χ1n) is 3.75. The van der Waals surface area contributed by atoms with Crippen LogP contribution in [0.3, 0.4) is 0 Å². The van der Waals surface area contributed by atoms with Crippen molar-refractivity contribution in [3.8, 4) is 0 Å². The van der Waals surface area contributed by atoms with Gasteiger partial charge in [-0.05, 0) is 6.42 Å². The summed E-state index contributed by atoms with van der Waals surface area (Å²) in [6, 6.07) is 1.87. The standard InChI is InChI=1S/C7H11N3O/c8-7-3-6(9-10-7)5-1-2-11-4-5/h3,5H,1-2,4H2,(H3,8,9,10). The van der Waals surface area contributed by atoms with E-state index in [1.54, 1.807) is 0 Å². The van der Waals surface area contributed by atoms with Gasteiger partial charge >= 0.3 is 0 Å². The second-order valence-electron chi connectivity index (χ2n) is 2.81. The van der Waals surface area contributed by atoms with Crippen molar-refractivity contribution in [3.05, 3.63) is 11.8 Å². The van der Waals surface area contributed by atoms with Gasteiger partial charge in [0.05, 0.1) is 12.3 Å². The van der Waals surface area contributed by atoms with Gasteiger partial charge in [-0.3, -0.25) is 5.10 Å². The van der Waals surface area contributed by atoms with Crippen LogP contribution in [-0.4, -0.2) is 23.4 Å². The maximum atomic E-state index is 5.49. The lowest BCUT2D eigenvalue weighted by atomic mass is 10.1. The number of anilines is 1. The zero-order valence-corrected chi connectivity index (χ0v) is 6.21. The molecule has 0 spiro atoms. The highest BCUT2D eigenvalue weighted by molar-refractivity contribution is 5.30. The molecule has 4 nitrogen and oxygen atoms in total. The minimum Gasteiger partial charge on any atom is -0.384 e. The van der Waals surface area contributed by atoms with E-state index in [0.29, 0.717) is 11.7 Å². The molecular weight excluding hydrogens is 142 g/mol. The number of aromatic amines is 1. The minimum absolute atomic E-state index is 0.448. The van der Waals surface area contributed by atoms with Crippen LogP contribution in [0.5, 0.6) is 0 Å². The van der Waals surface area contributed by atoms with Crippen LogP contribution < -0.4 is 5.73 Å². The van der Waals surface area contributed by atoms with Crippen LogP contribution in [0.15, 0.2) is 6.07 Å². The van der Waals surface area contributed by atoms with Gasteiger partial charge < -0.3 is 10.5 Å². The average Bonchev–Trinajstić information content (AvgIpc) is 2.55. The lowest BCUT2D eigenvalue weighted by Crippen LogP contribution is -1.97. The first kappa shape index (κ1) is 6.67. The van der Waals surface area contributed by atoms with Crippen LogP contribution in [-0.2, 0) is 4.74 Å². The lowest BCUT2D eigenvalue weighted by Gasteiger charge is -1.99. The van der Waals surface area contributed by atoms with E-state index >= 15 is 0 Å². The Morgan fingerprint density at radius 2 is 2.64 bits per heavy atom. The number of nitrogen functional groups attached to an aromatic ring is 1. The fourth-order valence-corrected chi connectivity index (χ4v) is 1.33. The fourth-order valence-electron chi connectivity index (χ4n) is 1.33. The van der Waals surface area contributed by atoms with Crippen LogP contribution in [0.2, 0.25) is 0 Å². The molecule has 0 aliphatic carbocycles. The number of nitrogens with one attached hydrogen (secondary N) is 1. The molecule has 1 aliphatic rings. The number of nitrogens with zero attached hydrogens (tertiary/aromatic N) is 1. The molecule has 0 bridgehead atoms. The van der Waals surface area contributed by atoms with E-state index in [0.717, 1.165) is 25.3 Å². The third-order valence-electron chi connectivity index (χ3n) is 1.97. The number of rotatable bonds is 1. The van der Waals surface area contributed by atoms with Gasteiger partial charge in [0, 0.05) is 18.6 Å². The van der Waals surface area contributed by atoms with Gasteiger partial charge in [0.25, 0.3) is 0 Å². The van der Waals surface area contributed by atoms with Gasteiger partial charge in [-0.2, -0.15) is 5.10 Å². The van der Waals surface area contributed by atoms with Crippen LogP contribution in [0.25, 0.3) is 0 Å². The molecule has 1 aliphatic heterocycles. The van der Waals surface area contributed by atoms with Crippen LogP contribution in [0, 0.1) is 0 Å². The molecule has 1 saturated heterocycles. The van der Waals surface area contributed by atoms with Crippen molar-refractivity contribution < 1.29 is 4.74 Å². The molecule has 60 valence electrons. The lowest BCUT2D eigenvalue weighted by molar-refractivity contribution is 0.193. The zero-order valence-electron chi connectivity index (χ0n) is 6.21. The molecular formula is C7H11N3O. The van der Waals surface area contributed by atoms with E-state index in [9.17, 15) is 0 Å². The molecule has 0 saturated carbocycles. The van der Waals surface area contributed by atoms with E-state index in [2.05, 4.69) is 10.2 Å². The summed E-state index contributed by atoms with van der Waals surface area (Å²) in [4.78, 5) is 0. The summed E-state index contributed by atoms with van der Waals surface area (Å²) in [5.74, 6) is 1.08. The van der Waals surface area contributed by atoms with Gasteiger partial charge in [0.2, 0.25) is 0 Å². The Bertz CT molecular complexity index is 240. The third kappa shape index (κ3) is 1.21. The number of nitrogens with two attached hydrogens (primary N) is 1. The molecule has 1 aromatic heterocycles. The molecule has 3 N–H and O–H groups in total. The normalized spacial score (nSPS) is 24.2. The van der Waals surface area contributed by atoms with E-state index in [4.69, 9.17) is 10.5 Å². The first-order chi connectivity index (χ1) is 5.36. The van der Waals surface area contributed by atoms with Crippen molar-refractivity contribution >= 4 is 5.82 Å².